The summed E-state index contributed by atoms with van der Waals surface area (Å²) in [6.07, 6.45) is 1.01. The molecule has 1 aliphatic heterocycles. The predicted octanol–water partition coefficient (Wildman–Crippen LogP) is 4.04. The molecule has 0 aliphatic carbocycles. The van der Waals surface area contributed by atoms with E-state index in [0.29, 0.717) is 0 Å². The van der Waals surface area contributed by atoms with Crippen LogP contribution in [0, 0.1) is 0 Å². The zero-order valence-corrected chi connectivity index (χ0v) is 10.9. The first-order valence-electron chi connectivity index (χ1n) is 6.12. The Balaban J connectivity index is 2.02. The van der Waals surface area contributed by atoms with Crippen LogP contribution in [-0.4, -0.2) is 6.54 Å². The molecule has 2 nitrogen and oxygen atoms in total. The molecule has 0 aromatic heterocycles. The molecule has 0 bridgehead atoms. The smallest absolute Gasteiger partial charge is 0.185 e. The molecule has 1 heterocycles. The minimum absolute atomic E-state index is 0.0580. The van der Waals surface area contributed by atoms with Crippen molar-refractivity contribution < 1.29 is 4.57 Å². The van der Waals surface area contributed by atoms with Crippen LogP contribution in [0.1, 0.15) is 16.9 Å². The first-order chi connectivity index (χ1) is 8.90. The molecule has 3 heteroatoms. The second-order valence-electron chi connectivity index (χ2n) is 4.46. The van der Waals surface area contributed by atoms with E-state index in [0.717, 1.165) is 18.7 Å². The number of hydrogen-bond donors (Lipinski definition) is 0. The highest BCUT2D eigenvalue weighted by Gasteiger charge is 2.27. The normalized spacial score (nSPS) is 18.7. The first-order valence-corrected chi connectivity index (χ1v) is 7.00. The van der Waals surface area contributed by atoms with E-state index in [1.807, 2.05) is 24.3 Å². The molecule has 18 heavy (non-hydrogen) atoms. The Labute approximate surface area is 108 Å². The molecule has 2 aromatic rings. The van der Waals surface area contributed by atoms with Crippen molar-refractivity contribution in [3.63, 3.8) is 0 Å². The van der Waals surface area contributed by atoms with Crippen LogP contribution in [0.4, 0.5) is 5.69 Å². The maximum Gasteiger partial charge on any atom is 0.185 e. The molecule has 1 atom stereocenters. The van der Waals surface area contributed by atoms with Gasteiger partial charge in [0, 0.05) is 12.2 Å². The summed E-state index contributed by atoms with van der Waals surface area (Å²) in [6, 6.07) is 18.5. The monoisotopic (exact) mass is 255 g/mol. The van der Waals surface area contributed by atoms with Gasteiger partial charge in [-0.05, 0) is 29.7 Å². The molecule has 3 rings (SSSR count). The lowest BCUT2D eigenvalue weighted by Gasteiger charge is -2.35. The Morgan fingerprint density at radius 1 is 1.00 bits per heavy atom. The van der Waals surface area contributed by atoms with Crippen LogP contribution in [-0.2, 0) is 11.0 Å². The Bertz CT molecular complexity index is 555. The van der Waals surface area contributed by atoms with E-state index in [9.17, 15) is 4.57 Å². The van der Waals surface area contributed by atoms with Crippen LogP contribution in [0.15, 0.2) is 54.6 Å². The minimum Gasteiger partial charge on any atom is -0.354 e. The van der Waals surface area contributed by atoms with Crippen molar-refractivity contribution in [3.8, 4) is 0 Å². The van der Waals surface area contributed by atoms with E-state index in [2.05, 4.69) is 35.2 Å². The van der Waals surface area contributed by atoms with Crippen LogP contribution in [0.2, 0.25) is 0 Å². The first kappa shape index (κ1) is 11.4. The fourth-order valence-corrected chi connectivity index (χ4v) is 3.28. The lowest BCUT2D eigenvalue weighted by Crippen LogP contribution is -2.32. The Morgan fingerprint density at radius 3 is 2.50 bits per heavy atom. The maximum atomic E-state index is 11.6. The van der Waals surface area contributed by atoms with E-state index in [1.165, 1.54) is 11.1 Å². The van der Waals surface area contributed by atoms with Gasteiger partial charge in [0.25, 0.3) is 0 Å². The minimum atomic E-state index is -0.0580. The van der Waals surface area contributed by atoms with Gasteiger partial charge in [0.05, 0.1) is 0 Å². The van der Waals surface area contributed by atoms with Crippen LogP contribution in [0.5, 0.6) is 0 Å². The lowest BCUT2D eigenvalue weighted by molar-refractivity contribution is 0.583. The Morgan fingerprint density at radius 2 is 1.72 bits per heavy atom. The second kappa shape index (κ2) is 4.91. The summed E-state index contributed by atoms with van der Waals surface area (Å²) in [5, 5.41) is 0. The number of hydrogen-bond acceptors (Lipinski definition) is 2. The zero-order valence-electron chi connectivity index (χ0n) is 9.99. The van der Waals surface area contributed by atoms with Gasteiger partial charge in [-0.25, -0.2) is 0 Å². The van der Waals surface area contributed by atoms with Crippen molar-refractivity contribution in [3.05, 3.63) is 65.7 Å². The quantitative estimate of drug-likeness (QED) is 0.755. The third-order valence-electron chi connectivity index (χ3n) is 3.44. The molecule has 0 N–H and O–H groups in total. The number of nitrogens with zero attached hydrogens (tertiary/aromatic N) is 1. The van der Waals surface area contributed by atoms with E-state index in [1.54, 1.807) is 0 Å². The van der Waals surface area contributed by atoms with Gasteiger partial charge in [0.2, 0.25) is 0 Å². The van der Waals surface area contributed by atoms with Crippen molar-refractivity contribution in [2.24, 2.45) is 0 Å². The standard InChI is InChI=1S/C15H14NOP/c17-18-15-14-9-5-4-6-12(14)10-11-16(15)13-7-2-1-3-8-13/h1-9,15H,10-11H2/t15-/m0/s1. The summed E-state index contributed by atoms with van der Waals surface area (Å²) < 4.78 is 11.6. The highest BCUT2D eigenvalue weighted by atomic mass is 31.1. The van der Waals surface area contributed by atoms with Gasteiger partial charge < -0.3 is 4.90 Å². The van der Waals surface area contributed by atoms with Gasteiger partial charge in [-0.2, -0.15) is 0 Å². The zero-order chi connectivity index (χ0) is 12.4. The second-order valence-corrected chi connectivity index (χ2v) is 5.16. The predicted molar refractivity (Wildman–Crippen MR) is 74.3 cm³/mol. The fraction of sp³-hybridized carbons (Fsp3) is 0.200. The molecule has 0 amide bonds. The average Bonchev–Trinajstić information content (AvgIpc) is 2.47. The van der Waals surface area contributed by atoms with Gasteiger partial charge >= 0.3 is 0 Å². The van der Waals surface area contributed by atoms with Gasteiger partial charge in [0.1, 0.15) is 5.78 Å². The van der Waals surface area contributed by atoms with Gasteiger partial charge in [0.15, 0.2) is 8.46 Å². The third-order valence-corrected chi connectivity index (χ3v) is 4.19. The van der Waals surface area contributed by atoms with Gasteiger partial charge in [-0.15, -0.1) is 0 Å². The molecule has 0 radical (unpaired) electrons. The van der Waals surface area contributed by atoms with E-state index < -0.39 is 0 Å². The van der Waals surface area contributed by atoms with Crippen molar-refractivity contribution in [2.75, 3.05) is 11.4 Å². The highest BCUT2D eigenvalue weighted by Crippen LogP contribution is 2.39. The van der Waals surface area contributed by atoms with Gasteiger partial charge in [-0.1, -0.05) is 42.5 Å². The Hall–Kier alpha value is -1.66. The molecular formula is C15H14NOP. The van der Waals surface area contributed by atoms with Crippen molar-refractivity contribution in [1.29, 1.82) is 0 Å². The lowest BCUT2D eigenvalue weighted by atomic mass is 9.99. The highest BCUT2D eigenvalue weighted by molar-refractivity contribution is 7.24. The van der Waals surface area contributed by atoms with E-state index in [-0.39, 0.29) is 14.2 Å². The van der Waals surface area contributed by atoms with Crippen LogP contribution >= 0.6 is 8.46 Å². The largest absolute Gasteiger partial charge is 0.354 e. The summed E-state index contributed by atoms with van der Waals surface area (Å²) in [5.74, 6) is -0.0580. The maximum absolute atomic E-state index is 11.6. The van der Waals surface area contributed by atoms with Crippen LogP contribution < -0.4 is 4.90 Å². The fourth-order valence-electron chi connectivity index (χ4n) is 2.55. The molecular weight excluding hydrogens is 241 g/mol. The van der Waals surface area contributed by atoms with Crippen LogP contribution in [0.25, 0.3) is 0 Å². The molecule has 0 fully saturated rings. The number of fused-ring (bicyclic) bond motifs is 1. The van der Waals surface area contributed by atoms with Crippen molar-refractivity contribution in [2.45, 2.75) is 12.2 Å². The summed E-state index contributed by atoms with van der Waals surface area (Å²) in [6.45, 7) is 0.918. The SMILES string of the molecule is O=P[C@H]1c2ccccc2CCN1c1ccccc1. The summed E-state index contributed by atoms with van der Waals surface area (Å²) in [5.41, 5.74) is 3.64. The summed E-state index contributed by atoms with van der Waals surface area (Å²) in [4.78, 5) is 2.22. The van der Waals surface area contributed by atoms with Gasteiger partial charge in [-0.3, -0.25) is 4.57 Å². The molecule has 1 aliphatic rings. The van der Waals surface area contributed by atoms with Crippen molar-refractivity contribution in [1.82, 2.24) is 0 Å². The third kappa shape index (κ3) is 1.93. The molecule has 90 valence electrons. The molecule has 0 saturated carbocycles. The number of anilines is 1. The number of rotatable bonds is 2. The topological polar surface area (TPSA) is 20.3 Å². The number of benzene rings is 2. The summed E-state index contributed by atoms with van der Waals surface area (Å²) in [7, 11) is 0.162. The van der Waals surface area contributed by atoms with E-state index in [4.69, 9.17) is 0 Å². The Kier molecular flexibility index (Phi) is 3.12. The number of para-hydroxylation sites is 1. The summed E-state index contributed by atoms with van der Waals surface area (Å²) >= 11 is 0. The molecule has 2 aromatic carbocycles. The van der Waals surface area contributed by atoms with Crippen molar-refractivity contribution >= 4 is 14.1 Å². The molecule has 0 spiro atoms. The van der Waals surface area contributed by atoms with Crippen LogP contribution in [0.3, 0.4) is 0 Å². The molecule has 0 saturated heterocycles. The average molecular weight is 255 g/mol. The molecule has 0 unspecified atom stereocenters. The van der Waals surface area contributed by atoms with E-state index >= 15 is 0 Å².